The van der Waals surface area contributed by atoms with Crippen LogP contribution in [0.2, 0.25) is 0 Å². The van der Waals surface area contributed by atoms with Gasteiger partial charge in [-0.2, -0.15) is 0 Å². The number of hydrogen-bond donors (Lipinski definition) is 1. The van der Waals surface area contributed by atoms with E-state index < -0.39 is 0 Å². The third kappa shape index (κ3) is 2.72. The number of carbonyl (C=O) groups excluding carboxylic acids is 1. The molecule has 0 unspecified atom stereocenters. The lowest BCUT2D eigenvalue weighted by Gasteiger charge is -2.00. The molecule has 0 aliphatic carbocycles. The first-order valence-electron chi connectivity index (χ1n) is 3.95. The molecule has 14 heavy (non-hydrogen) atoms. The van der Waals surface area contributed by atoms with Crippen molar-refractivity contribution in [2.45, 2.75) is 6.92 Å². The van der Waals surface area contributed by atoms with Crippen LogP contribution in [0.4, 0.5) is 0 Å². The van der Waals surface area contributed by atoms with Crippen LogP contribution in [0.25, 0.3) is 10.4 Å². The molecule has 1 rings (SSSR count). The standard InChI is InChI=1S/C7H9N5OS/c1-5-6(14-4-10-5)7(13)9-2-3-11-12-8/h4H,2-3H2,1H3,(H,9,13). The fourth-order valence-corrected chi connectivity index (χ4v) is 1.58. The molecule has 1 heterocycles. The van der Waals surface area contributed by atoms with E-state index in [4.69, 9.17) is 5.53 Å². The highest BCUT2D eigenvalue weighted by molar-refractivity contribution is 7.11. The van der Waals surface area contributed by atoms with E-state index >= 15 is 0 Å². The molecule has 0 aromatic carbocycles. The van der Waals surface area contributed by atoms with E-state index in [-0.39, 0.29) is 12.5 Å². The smallest absolute Gasteiger partial charge is 0.263 e. The van der Waals surface area contributed by atoms with Gasteiger partial charge in [-0.05, 0) is 12.5 Å². The van der Waals surface area contributed by atoms with Crippen LogP contribution >= 0.6 is 11.3 Å². The lowest BCUT2D eigenvalue weighted by molar-refractivity contribution is 0.0958. The number of thiazole rings is 1. The second-order valence-electron chi connectivity index (χ2n) is 2.48. The molecule has 0 aliphatic rings. The molecule has 1 aromatic heterocycles. The maximum atomic E-state index is 11.4. The molecule has 0 bridgehead atoms. The number of hydrogen-bond acceptors (Lipinski definition) is 4. The van der Waals surface area contributed by atoms with E-state index in [1.807, 2.05) is 0 Å². The van der Waals surface area contributed by atoms with Gasteiger partial charge in [0.1, 0.15) is 4.88 Å². The highest BCUT2D eigenvalue weighted by Gasteiger charge is 2.09. The van der Waals surface area contributed by atoms with Crippen LogP contribution in [0.5, 0.6) is 0 Å². The quantitative estimate of drug-likeness (QED) is 0.354. The Bertz CT molecular complexity index is 368. The fraction of sp³-hybridized carbons (Fsp3) is 0.429. The molecule has 0 radical (unpaired) electrons. The van der Waals surface area contributed by atoms with Crippen molar-refractivity contribution < 1.29 is 4.79 Å². The van der Waals surface area contributed by atoms with Crippen LogP contribution < -0.4 is 5.32 Å². The van der Waals surface area contributed by atoms with Crippen molar-refractivity contribution in [3.63, 3.8) is 0 Å². The third-order valence-corrected chi connectivity index (χ3v) is 2.44. The fourth-order valence-electron chi connectivity index (χ4n) is 0.864. The molecule has 0 saturated carbocycles. The lowest BCUT2D eigenvalue weighted by Crippen LogP contribution is -2.25. The van der Waals surface area contributed by atoms with Gasteiger partial charge in [-0.1, -0.05) is 5.11 Å². The maximum absolute atomic E-state index is 11.4. The zero-order chi connectivity index (χ0) is 10.4. The Balaban J connectivity index is 2.43. The summed E-state index contributed by atoms with van der Waals surface area (Å²) in [7, 11) is 0. The van der Waals surface area contributed by atoms with Gasteiger partial charge in [0.25, 0.3) is 5.91 Å². The summed E-state index contributed by atoms with van der Waals surface area (Å²) in [5.41, 5.74) is 10.3. The third-order valence-electron chi connectivity index (χ3n) is 1.51. The highest BCUT2D eigenvalue weighted by Crippen LogP contribution is 2.10. The molecular weight excluding hydrogens is 202 g/mol. The molecule has 6 nitrogen and oxygen atoms in total. The Hall–Kier alpha value is -1.59. The second-order valence-corrected chi connectivity index (χ2v) is 3.33. The van der Waals surface area contributed by atoms with Crippen LogP contribution in [0, 0.1) is 6.92 Å². The van der Waals surface area contributed by atoms with Crippen LogP contribution in [0.3, 0.4) is 0 Å². The topological polar surface area (TPSA) is 90.8 Å². The molecule has 0 fully saturated rings. The molecule has 1 amide bonds. The zero-order valence-electron chi connectivity index (χ0n) is 7.60. The summed E-state index contributed by atoms with van der Waals surface area (Å²) in [5.74, 6) is -0.168. The van der Waals surface area contributed by atoms with Crippen molar-refractivity contribution in [2.75, 3.05) is 13.1 Å². The summed E-state index contributed by atoms with van der Waals surface area (Å²) in [6.07, 6.45) is 0. The average Bonchev–Trinajstić information content (AvgIpc) is 2.59. The van der Waals surface area contributed by atoms with E-state index in [1.165, 1.54) is 11.3 Å². The molecule has 1 aromatic rings. The maximum Gasteiger partial charge on any atom is 0.263 e. The van der Waals surface area contributed by atoms with E-state index in [0.717, 1.165) is 5.69 Å². The molecule has 74 valence electrons. The van der Waals surface area contributed by atoms with Crippen molar-refractivity contribution >= 4 is 17.2 Å². The Morgan fingerprint density at radius 1 is 1.86 bits per heavy atom. The number of aryl methyl sites for hydroxylation is 1. The minimum absolute atomic E-state index is 0.168. The first-order chi connectivity index (χ1) is 6.75. The minimum Gasteiger partial charge on any atom is -0.351 e. The molecule has 0 saturated heterocycles. The van der Waals surface area contributed by atoms with Gasteiger partial charge >= 0.3 is 0 Å². The van der Waals surface area contributed by atoms with Gasteiger partial charge in [-0.25, -0.2) is 4.98 Å². The van der Waals surface area contributed by atoms with Gasteiger partial charge in [0.05, 0.1) is 11.2 Å². The summed E-state index contributed by atoms with van der Waals surface area (Å²) in [4.78, 5) is 18.6. The van der Waals surface area contributed by atoms with Crippen molar-refractivity contribution in [3.05, 3.63) is 26.5 Å². The van der Waals surface area contributed by atoms with Crippen molar-refractivity contribution in [1.29, 1.82) is 0 Å². The SMILES string of the molecule is Cc1ncsc1C(=O)NCCN=[N+]=[N-]. The Kier molecular flexibility index (Phi) is 3.90. The highest BCUT2D eigenvalue weighted by atomic mass is 32.1. The van der Waals surface area contributed by atoms with E-state index in [0.29, 0.717) is 11.4 Å². The number of aromatic nitrogens is 1. The van der Waals surface area contributed by atoms with Crippen molar-refractivity contribution in [2.24, 2.45) is 5.11 Å². The summed E-state index contributed by atoms with van der Waals surface area (Å²) in [5, 5.41) is 5.93. The Morgan fingerprint density at radius 3 is 3.21 bits per heavy atom. The molecule has 0 aliphatic heterocycles. The van der Waals surface area contributed by atoms with Gasteiger partial charge in [0, 0.05) is 18.0 Å². The normalized spacial score (nSPS) is 9.21. The second kappa shape index (κ2) is 5.21. The van der Waals surface area contributed by atoms with Crippen LogP contribution in [0.15, 0.2) is 10.6 Å². The van der Waals surface area contributed by atoms with Gasteiger partial charge in [0.15, 0.2) is 0 Å². The van der Waals surface area contributed by atoms with Gasteiger partial charge < -0.3 is 5.32 Å². The first-order valence-corrected chi connectivity index (χ1v) is 4.83. The monoisotopic (exact) mass is 211 g/mol. The van der Waals surface area contributed by atoms with Crippen LogP contribution in [-0.2, 0) is 0 Å². The average molecular weight is 211 g/mol. The number of azide groups is 1. The summed E-state index contributed by atoms with van der Waals surface area (Å²) < 4.78 is 0. The zero-order valence-corrected chi connectivity index (χ0v) is 8.41. The number of carbonyl (C=O) groups is 1. The number of nitrogens with zero attached hydrogens (tertiary/aromatic N) is 4. The predicted octanol–water partition coefficient (Wildman–Crippen LogP) is 1.49. The molecule has 7 heteroatoms. The van der Waals surface area contributed by atoms with Crippen LogP contribution in [-0.4, -0.2) is 24.0 Å². The van der Waals surface area contributed by atoms with E-state index in [1.54, 1.807) is 12.4 Å². The predicted molar refractivity (Wildman–Crippen MR) is 53.2 cm³/mol. The van der Waals surface area contributed by atoms with E-state index in [9.17, 15) is 4.79 Å². The van der Waals surface area contributed by atoms with Crippen molar-refractivity contribution in [3.8, 4) is 0 Å². The summed E-state index contributed by atoms with van der Waals surface area (Å²) in [6, 6.07) is 0. The number of nitrogens with one attached hydrogen (secondary N) is 1. The number of rotatable bonds is 4. The largest absolute Gasteiger partial charge is 0.351 e. The molecule has 1 N–H and O–H groups in total. The van der Waals surface area contributed by atoms with Crippen molar-refractivity contribution in [1.82, 2.24) is 10.3 Å². The van der Waals surface area contributed by atoms with Gasteiger partial charge in [-0.15, -0.1) is 11.3 Å². The number of amides is 1. The summed E-state index contributed by atoms with van der Waals surface area (Å²) in [6.45, 7) is 2.39. The minimum atomic E-state index is -0.168. The molecule has 0 atom stereocenters. The van der Waals surface area contributed by atoms with Crippen LogP contribution in [0.1, 0.15) is 15.4 Å². The first kappa shape index (κ1) is 10.5. The van der Waals surface area contributed by atoms with Gasteiger partial charge in [0.2, 0.25) is 0 Å². The molecular formula is C7H9N5OS. The van der Waals surface area contributed by atoms with E-state index in [2.05, 4.69) is 20.3 Å². The summed E-state index contributed by atoms with van der Waals surface area (Å²) >= 11 is 1.29. The molecule has 0 spiro atoms. The Labute approximate surface area is 84.6 Å². The van der Waals surface area contributed by atoms with Gasteiger partial charge in [-0.3, -0.25) is 4.79 Å². The Morgan fingerprint density at radius 2 is 2.64 bits per heavy atom. The lowest BCUT2D eigenvalue weighted by atomic mass is 10.4.